The molecule has 0 spiro atoms. The fourth-order valence-corrected chi connectivity index (χ4v) is 1.74. The largest absolute Gasteiger partial charge is 0.508 e. The molecule has 0 aromatic heterocycles. The van der Waals surface area contributed by atoms with Gasteiger partial charge in [0.15, 0.2) is 0 Å². The fourth-order valence-electron chi connectivity index (χ4n) is 1.74. The van der Waals surface area contributed by atoms with Crippen LogP contribution in [0.15, 0.2) is 24.3 Å². The van der Waals surface area contributed by atoms with Crippen molar-refractivity contribution >= 4 is 0 Å². The summed E-state index contributed by atoms with van der Waals surface area (Å²) < 4.78 is 26.6. The molecule has 0 amide bonds. The Labute approximate surface area is 80.6 Å². The molecular formula is C10H11F2NO. The Bertz CT molecular complexity index is 341. The van der Waals surface area contributed by atoms with Crippen molar-refractivity contribution < 1.29 is 13.9 Å². The Balaban J connectivity index is 2.31. The molecule has 1 heterocycles. The first-order valence-corrected chi connectivity index (χ1v) is 4.50. The number of halogens is 2. The van der Waals surface area contributed by atoms with E-state index in [1.165, 1.54) is 12.1 Å². The van der Waals surface area contributed by atoms with Crippen LogP contribution in [-0.4, -0.2) is 17.6 Å². The summed E-state index contributed by atoms with van der Waals surface area (Å²) in [6.07, 6.45) is -0.146. The van der Waals surface area contributed by atoms with E-state index in [0.717, 1.165) is 0 Å². The molecule has 0 saturated carbocycles. The summed E-state index contributed by atoms with van der Waals surface area (Å²) in [5.74, 6) is -2.69. The Morgan fingerprint density at radius 3 is 2.79 bits per heavy atom. The van der Waals surface area contributed by atoms with Crippen molar-refractivity contribution in [2.45, 2.75) is 18.4 Å². The fraction of sp³-hybridized carbons (Fsp3) is 0.400. The van der Waals surface area contributed by atoms with E-state index >= 15 is 0 Å². The molecule has 1 aliphatic rings. The van der Waals surface area contributed by atoms with Crippen LogP contribution in [0.3, 0.4) is 0 Å². The summed E-state index contributed by atoms with van der Waals surface area (Å²) in [4.78, 5) is 0. The van der Waals surface area contributed by atoms with Crippen molar-refractivity contribution in [3.63, 3.8) is 0 Å². The third-order valence-electron chi connectivity index (χ3n) is 2.43. The smallest absolute Gasteiger partial charge is 0.268 e. The highest BCUT2D eigenvalue weighted by Gasteiger charge is 2.44. The van der Waals surface area contributed by atoms with Crippen molar-refractivity contribution in [3.8, 4) is 5.75 Å². The molecule has 1 fully saturated rings. The van der Waals surface area contributed by atoms with Crippen LogP contribution in [0.2, 0.25) is 0 Å². The third kappa shape index (κ3) is 1.57. The Morgan fingerprint density at radius 2 is 2.21 bits per heavy atom. The van der Waals surface area contributed by atoms with E-state index in [2.05, 4.69) is 5.32 Å². The maximum Gasteiger partial charge on any atom is 0.268 e. The predicted octanol–water partition coefficient (Wildman–Crippen LogP) is 2.06. The van der Waals surface area contributed by atoms with E-state index in [1.807, 2.05) is 0 Å². The molecule has 2 rings (SSSR count). The number of phenols is 1. The predicted molar refractivity (Wildman–Crippen MR) is 48.4 cm³/mol. The molecule has 1 unspecified atom stereocenters. The molecule has 14 heavy (non-hydrogen) atoms. The lowest BCUT2D eigenvalue weighted by Crippen LogP contribution is -2.26. The second-order valence-electron chi connectivity index (χ2n) is 3.49. The highest BCUT2D eigenvalue weighted by Crippen LogP contribution is 2.38. The van der Waals surface area contributed by atoms with Gasteiger partial charge < -0.3 is 10.4 Å². The second-order valence-corrected chi connectivity index (χ2v) is 3.49. The Morgan fingerprint density at radius 1 is 1.43 bits per heavy atom. The van der Waals surface area contributed by atoms with Gasteiger partial charge in [-0.15, -0.1) is 0 Å². The van der Waals surface area contributed by atoms with Gasteiger partial charge in [-0.2, -0.15) is 0 Å². The number of hydrogen-bond donors (Lipinski definition) is 2. The normalized spacial score (nSPS) is 25.1. The van der Waals surface area contributed by atoms with E-state index in [-0.39, 0.29) is 12.2 Å². The van der Waals surface area contributed by atoms with Gasteiger partial charge in [0, 0.05) is 13.0 Å². The summed E-state index contributed by atoms with van der Waals surface area (Å²) in [6.45, 7) is 0.313. The van der Waals surface area contributed by atoms with Gasteiger partial charge in [-0.1, -0.05) is 12.1 Å². The van der Waals surface area contributed by atoms with Crippen LogP contribution in [0.1, 0.15) is 18.0 Å². The number of alkyl halides is 2. The van der Waals surface area contributed by atoms with Crippen molar-refractivity contribution in [2.24, 2.45) is 0 Å². The van der Waals surface area contributed by atoms with Gasteiger partial charge in [-0.25, -0.2) is 8.78 Å². The topological polar surface area (TPSA) is 32.3 Å². The van der Waals surface area contributed by atoms with E-state index in [4.69, 9.17) is 0 Å². The molecule has 1 aromatic rings. The lowest BCUT2D eigenvalue weighted by molar-refractivity contribution is -0.0117. The van der Waals surface area contributed by atoms with E-state index in [0.29, 0.717) is 12.1 Å². The van der Waals surface area contributed by atoms with E-state index < -0.39 is 12.0 Å². The average Bonchev–Trinajstić information content (AvgIpc) is 2.45. The number of aromatic hydroxyl groups is 1. The Hall–Kier alpha value is -1.16. The summed E-state index contributed by atoms with van der Waals surface area (Å²) in [6, 6.07) is 5.04. The zero-order chi connectivity index (χ0) is 10.2. The zero-order valence-electron chi connectivity index (χ0n) is 7.50. The van der Waals surface area contributed by atoms with Crippen molar-refractivity contribution in [1.29, 1.82) is 0 Å². The maximum absolute atomic E-state index is 13.3. The van der Waals surface area contributed by atoms with Crippen LogP contribution in [0.5, 0.6) is 5.75 Å². The summed E-state index contributed by atoms with van der Waals surface area (Å²) >= 11 is 0. The minimum Gasteiger partial charge on any atom is -0.508 e. The average molecular weight is 199 g/mol. The first kappa shape index (κ1) is 9.40. The molecule has 1 aliphatic heterocycles. The minimum absolute atomic E-state index is 0.0204. The molecule has 2 nitrogen and oxygen atoms in total. The molecule has 1 aromatic carbocycles. The van der Waals surface area contributed by atoms with Crippen LogP contribution in [0, 0.1) is 0 Å². The molecule has 4 heteroatoms. The number of benzene rings is 1. The summed E-state index contributed by atoms with van der Waals surface area (Å²) in [5.41, 5.74) is 0.438. The van der Waals surface area contributed by atoms with Crippen LogP contribution < -0.4 is 5.32 Å². The van der Waals surface area contributed by atoms with E-state index in [9.17, 15) is 13.9 Å². The van der Waals surface area contributed by atoms with Crippen LogP contribution in [0.25, 0.3) is 0 Å². The molecule has 0 bridgehead atoms. The van der Waals surface area contributed by atoms with Crippen molar-refractivity contribution in [1.82, 2.24) is 5.32 Å². The number of rotatable bonds is 1. The third-order valence-corrected chi connectivity index (χ3v) is 2.43. The highest BCUT2D eigenvalue weighted by molar-refractivity contribution is 5.31. The molecular weight excluding hydrogens is 188 g/mol. The number of nitrogens with one attached hydrogen (secondary N) is 1. The minimum atomic E-state index is -2.71. The molecule has 0 radical (unpaired) electrons. The van der Waals surface area contributed by atoms with Gasteiger partial charge in [-0.3, -0.25) is 0 Å². The summed E-state index contributed by atoms with van der Waals surface area (Å²) in [7, 11) is 0. The summed E-state index contributed by atoms with van der Waals surface area (Å²) in [5, 5.41) is 11.9. The maximum atomic E-state index is 13.3. The van der Waals surface area contributed by atoms with E-state index in [1.54, 1.807) is 12.1 Å². The standard InChI is InChI=1S/C10H11F2NO/c11-10(12)4-5-13-9(10)7-2-1-3-8(14)6-7/h1-3,6,9,13-14H,4-5H2. The van der Waals surface area contributed by atoms with Crippen molar-refractivity contribution in [3.05, 3.63) is 29.8 Å². The Kier molecular flexibility index (Phi) is 2.15. The lowest BCUT2D eigenvalue weighted by atomic mass is 10.0. The number of hydrogen-bond acceptors (Lipinski definition) is 2. The van der Waals surface area contributed by atoms with Crippen LogP contribution >= 0.6 is 0 Å². The quantitative estimate of drug-likeness (QED) is 0.725. The first-order valence-electron chi connectivity index (χ1n) is 4.50. The molecule has 0 aliphatic carbocycles. The van der Waals surface area contributed by atoms with Gasteiger partial charge >= 0.3 is 0 Å². The van der Waals surface area contributed by atoms with Crippen LogP contribution in [-0.2, 0) is 0 Å². The molecule has 2 N–H and O–H groups in total. The second kappa shape index (κ2) is 3.20. The highest BCUT2D eigenvalue weighted by atomic mass is 19.3. The van der Waals surface area contributed by atoms with Crippen LogP contribution in [0.4, 0.5) is 8.78 Å². The zero-order valence-corrected chi connectivity index (χ0v) is 7.50. The van der Waals surface area contributed by atoms with Gasteiger partial charge in [-0.05, 0) is 17.7 Å². The molecule has 1 atom stereocenters. The monoisotopic (exact) mass is 199 g/mol. The van der Waals surface area contributed by atoms with Gasteiger partial charge in [0.25, 0.3) is 5.92 Å². The first-order chi connectivity index (χ1) is 6.59. The molecule has 76 valence electrons. The van der Waals surface area contributed by atoms with Crippen molar-refractivity contribution in [2.75, 3.05) is 6.54 Å². The molecule has 1 saturated heterocycles. The number of phenolic OH excluding ortho intramolecular Hbond substituents is 1. The van der Waals surface area contributed by atoms with Gasteiger partial charge in [0.1, 0.15) is 5.75 Å². The van der Waals surface area contributed by atoms with Gasteiger partial charge in [0.2, 0.25) is 0 Å². The lowest BCUT2D eigenvalue weighted by Gasteiger charge is -2.19. The SMILES string of the molecule is Oc1cccc(C2NCCC2(F)F)c1. The van der Waals surface area contributed by atoms with Gasteiger partial charge in [0.05, 0.1) is 6.04 Å².